The van der Waals surface area contributed by atoms with Crippen molar-refractivity contribution in [3.05, 3.63) is 35.9 Å². The molecule has 0 aromatic heterocycles. The van der Waals surface area contributed by atoms with Gasteiger partial charge >= 0.3 is 0 Å². The number of ether oxygens (including phenoxy) is 1. The van der Waals surface area contributed by atoms with Crippen molar-refractivity contribution in [3.8, 4) is 0 Å². The van der Waals surface area contributed by atoms with Gasteiger partial charge in [0.15, 0.2) is 0 Å². The Morgan fingerprint density at radius 2 is 1.85 bits per heavy atom. The average Bonchev–Trinajstić information content (AvgIpc) is 2.65. The van der Waals surface area contributed by atoms with Crippen molar-refractivity contribution in [1.29, 1.82) is 0 Å². The zero-order valence-corrected chi connectivity index (χ0v) is 17.4. The molecule has 0 bridgehead atoms. The van der Waals surface area contributed by atoms with Crippen LogP contribution in [0.25, 0.3) is 0 Å². The predicted molar refractivity (Wildman–Crippen MR) is 107 cm³/mol. The minimum Gasteiger partial charge on any atom is -0.380 e. The Kier molecular flexibility index (Phi) is 8.26. The van der Waals surface area contributed by atoms with Crippen LogP contribution in [-0.4, -0.2) is 51.0 Å². The molecule has 152 valence electrons. The van der Waals surface area contributed by atoms with Gasteiger partial charge in [0.2, 0.25) is 15.9 Å². The molecule has 27 heavy (non-hydrogen) atoms. The third-order valence-corrected chi connectivity index (χ3v) is 6.89. The van der Waals surface area contributed by atoms with E-state index in [2.05, 4.69) is 19.2 Å². The maximum atomic E-state index is 12.6. The van der Waals surface area contributed by atoms with Gasteiger partial charge in [-0.1, -0.05) is 44.2 Å². The fraction of sp³-hybridized carbons (Fsp3) is 0.650. The summed E-state index contributed by atoms with van der Waals surface area (Å²) >= 11 is 0. The monoisotopic (exact) mass is 396 g/mol. The van der Waals surface area contributed by atoms with Gasteiger partial charge in [-0.2, -0.15) is 0 Å². The van der Waals surface area contributed by atoms with E-state index in [1.54, 1.807) is 0 Å². The van der Waals surface area contributed by atoms with Crippen molar-refractivity contribution >= 4 is 15.9 Å². The molecule has 2 rings (SSSR count). The van der Waals surface area contributed by atoms with Crippen molar-refractivity contribution < 1.29 is 17.9 Å². The van der Waals surface area contributed by atoms with Crippen molar-refractivity contribution in [2.24, 2.45) is 11.8 Å². The standard InChI is InChI=1S/C20H32N2O4S/c1-4-26-14-19(16(2)3)21-20(23)18-10-12-22(13-11-18)27(24,25)15-17-8-6-5-7-9-17/h5-9,16,18-19H,4,10-15H2,1-3H3,(H,21,23)/t19-/m1/s1. The molecule has 0 saturated carbocycles. The zero-order valence-electron chi connectivity index (χ0n) is 16.6. The molecular formula is C20H32N2O4S. The van der Waals surface area contributed by atoms with Crippen LogP contribution in [0, 0.1) is 11.8 Å². The number of hydrogen-bond acceptors (Lipinski definition) is 4. The van der Waals surface area contributed by atoms with Gasteiger partial charge in [0, 0.05) is 25.6 Å². The van der Waals surface area contributed by atoms with Gasteiger partial charge in [-0.05, 0) is 31.2 Å². The first kappa shape index (κ1) is 21.9. The number of carbonyl (C=O) groups is 1. The van der Waals surface area contributed by atoms with Crippen LogP contribution in [0.5, 0.6) is 0 Å². The van der Waals surface area contributed by atoms with E-state index in [1.165, 1.54) is 4.31 Å². The molecule has 0 unspecified atom stereocenters. The molecular weight excluding hydrogens is 364 g/mol. The predicted octanol–water partition coefficient (Wildman–Crippen LogP) is 2.41. The summed E-state index contributed by atoms with van der Waals surface area (Å²) in [6, 6.07) is 9.18. The van der Waals surface area contributed by atoms with Crippen LogP contribution in [-0.2, 0) is 25.3 Å². The molecule has 0 radical (unpaired) electrons. The first-order valence-corrected chi connectivity index (χ1v) is 11.3. The minimum absolute atomic E-state index is 0.00788. The van der Waals surface area contributed by atoms with Crippen molar-refractivity contribution in [2.45, 2.75) is 45.4 Å². The molecule has 1 N–H and O–H groups in total. The van der Waals surface area contributed by atoms with E-state index in [9.17, 15) is 13.2 Å². The highest BCUT2D eigenvalue weighted by molar-refractivity contribution is 7.88. The molecule has 1 aliphatic rings. The number of sulfonamides is 1. The lowest BCUT2D eigenvalue weighted by molar-refractivity contribution is -0.127. The normalized spacial score (nSPS) is 17.8. The molecule has 1 heterocycles. The zero-order chi connectivity index (χ0) is 19.9. The van der Waals surface area contributed by atoms with Gasteiger partial charge in [-0.15, -0.1) is 0 Å². The highest BCUT2D eigenvalue weighted by Crippen LogP contribution is 2.22. The Labute approximate surface area is 163 Å². The molecule has 1 aromatic rings. The van der Waals surface area contributed by atoms with E-state index >= 15 is 0 Å². The Balaban J connectivity index is 1.87. The number of benzene rings is 1. The second kappa shape index (κ2) is 10.2. The number of rotatable bonds is 9. The molecule has 1 fully saturated rings. The molecule has 1 saturated heterocycles. The number of nitrogens with zero attached hydrogens (tertiary/aromatic N) is 1. The fourth-order valence-corrected chi connectivity index (χ4v) is 4.78. The summed E-state index contributed by atoms with van der Waals surface area (Å²) in [4.78, 5) is 12.6. The summed E-state index contributed by atoms with van der Waals surface area (Å²) in [5.41, 5.74) is 0.785. The van der Waals surface area contributed by atoms with Crippen LogP contribution in [0.2, 0.25) is 0 Å². The number of nitrogens with one attached hydrogen (secondary N) is 1. The molecule has 0 spiro atoms. The number of piperidine rings is 1. The summed E-state index contributed by atoms with van der Waals surface area (Å²) in [5, 5.41) is 3.08. The smallest absolute Gasteiger partial charge is 0.223 e. The summed E-state index contributed by atoms with van der Waals surface area (Å²) in [6.07, 6.45) is 1.11. The van der Waals surface area contributed by atoms with E-state index in [0.29, 0.717) is 39.1 Å². The van der Waals surface area contributed by atoms with Crippen LogP contribution in [0.1, 0.15) is 39.2 Å². The second-order valence-electron chi connectivity index (χ2n) is 7.43. The molecule has 6 nitrogen and oxygen atoms in total. The Morgan fingerprint density at radius 1 is 1.22 bits per heavy atom. The van der Waals surface area contributed by atoms with Crippen LogP contribution < -0.4 is 5.32 Å². The lowest BCUT2D eigenvalue weighted by Crippen LogP contribution is -2.48. The maximum absolute atomic E-state index is 12.6. The SMILES string of the molecule is CCOC[C@@H](NC(=O)C1CCN(S(=O)(=O)Cc2ccccc2)CC1)C(C)C. The highest BCUT2D eigenvalue weighted by Gasteiger charge is 2.32. The third kappa shape index (κ3) is 6.59. The Morgan fingerprint density at radius 3 is 2.41 bits per heavy atom. The molecule has 1 aromatic carbocycles. The summed E-state index contributed by atoms with van der Waals surface area (Å²) in [5.74, 6) is 0.158. The Bertz CT molecular complexity index is 683. The van der Waals surface area contributed by atoms with E-state index in [-0.39, 0.29) is 29.5 Å². The molecule has 7 heteroatoms. The Hall–Kier alpha value is -1.44. The maximum Gasteiger partial charge on any atom is 0.223 e. The number of hydrogen-bond donors (Lipinski definition) is 1. The fourth-order valence-electron chi connectivity index (χ4n) is 3.22. The van der Waals surface area contributed by atoms with Crippen molar-refractivity contribution in [3.63, 3.8) is 0 Å². The summed E-state index contributed by atoms with van der Waals surface area (Å²) in [6.45, 7) is 7.97. The number of amides is 1. The third-order valence-electron chi connectivity index (χ3n) is 5.04. The van der Waals surface area contributed by atoms with E-state index in [4.69, 9.17) is 4.74 Å². The first-order valence-electron chi connectivity index (χ1n) is 9.73. The van der Waals surface area contributed by atoms with Crippen LogP contribution in [0.15, 0.2) is 30.3 Å². The summed E-state index contributed by atoms with van der Waals surface area (Å²) in [7, 11) is -3.35. The van der Waals surface area contributed by atoms with E-state index in [0.717, 1.165) is 5.56 Å². The van der Waals surface area contributed by atoms with Crippen LogP contribution in [0.4, 0.5) is 0 Å². The highest BCUT2D eigenvalue weighted by atomic mass is 32.2. The van der Waals surface area contributed by atoms with Crippen LogP contribution in [0.3, 0.4) is 0 Å². The van der Waals surface area contributed by atoms with E-state index in [1.807, 2.05) is 37.3 Å². The minimum atomic E-state index is -3.35. The van der Waals surface area contributed by atoms with Gasteiger partial charge in [-0.3, -0.25) is 4.79 Å². The molecule has 0 aliphatic carbocycles. The van der Waals surface area contributed by atoms with Crippen molar-refractivity contribution in [2.75, 3.05) is 26.3 Å². The van der Waals surface area contributed by atoms with Crippen LogP contribution >= 0.6 is 0 Å². The molecule has 1 atom stereocenters. The van der Waals surface area contributed by atoms with Gasteiger partial charge < -0.3 is 10.1 Å². The largest absolute Gasteiger partial charge is 0.380 e. The van der Waals surface area contributed by atoms with Gasteiger partial charge in [0.1, 0.15) is 0 Å². The lowest BCUT2D eigenvalue weighted by Gasteiger charge is -2.32. The van der Waals surface area contributed by atoms with Gasteiger partial charge in [0.05, 0.1) is 18.4 Å². The lowest BCUT2D eigenvalue weighted by atomic mass is 9.96. The summed E-state index contributed by atoms with van der Waals surface area (Å²) < 4.78 is 32.2. The second-order valence-corrected chi connectivity index (χ2v) is 9.40. The first-order chi connectivity index (χ1) is 12.8. The average molecular weight is 397 g/mol. The van der Waals surface area contributed by atoms with Gasteiger partial charge in [-0.25, -0.2) is 12.7 Å². The molecule has 1 aliphatic heterocycles. The van der Waals surface area contributed by atoms with E-state index < -0.39 is 10.0 Å². The quantitative estimate of drug-likeness (QED) is 0.695. The molecule has 1 amide bonds. The van der Waals surface area contributed by atoms with Gasteiger partial charge in [0.25, 0.3) is 0 Å². The topological polar surface area (TPSA) is 75.7 Å². The number of carbonyl (C=O) groups excluding carboxylic acids is 1. The van der Waals surface area contributed by atoms with Crippen molar-refractivity contribution in [1.82, 2.24) is 9.62 Å².